The molecule has 0 spiro atoms. The summed E-state index contributed by atoms with van der Waals surface area (Å²) in [5, 5.41) is 19.8. The van der Waals surface area contributed by atoms with Gasteiger partial charge in [0.1, 0.15) is 11.5 Å². The molecule has 7 heteroatoms. The largest absolute Gasteiger partial charge is 0.395 e. The molecule has 100 valence electrons. The molecule has 0 unspecified atom stereocenters. The van der Waals surface area contributed by atoms with Crippen molar-refractivity contribution in [3.05, 3.63) is 34.1 Å². The molecular weight excluding hydrogens is 243 g/mol. The average Bonchev–Trinajstić information content (AvgIpc) is 2.34. The van der Waals surface area contributed by atoms with E-state index in [-0.39, 0.29) is 24.5 Å². The topological polar surface area (TPSA) is 75.8 Å². The Morgan fingerprint density at radius 3 is 2.78 bits per heavy atom. The number of halogens is 1. The van der Waals surface area contributed by atoms with Gasteiger partial charge in [0.25, 0.3) is 5.69 Å². The van der Waals surface area contributed by atoms with E-state index >= 15 is 0 Å². The highest BCUT2D eigenvalue weighted by atomic mass is 19.1. The number of rotatable bonds is 7. The summed E-state index contributed by atoms with van der Waals surface area (Å²) >= 11 is 0. The number of nitrogens with zero attached hydrogens (tertiary/aromatic N) is 2. The highest BCUT2D eigenvalue weighted by molar-refractivity contribution is 5.63. The van der Waals surface area contributed by atoms with Crippen molar-refractivity contribution in [3.8, 4) is 0 Å². The quantitative estimate of drug-likeness (QED) is 0.587. The summed E-state index contributed by atoms with van der Waals surface area (Å²) in [5.74, 6) is -0.559. The summed E-state index contributed by atoms with van der Waals surface area (Å²) in [5.41, 5.74) is -0.0490. The van der Waals surface area contributed by atoms with Gasteiger partial charge in [-0.3, -0.25) is 10.1 Å². The van der Waals surface area contributed by atoms with E-state index in [1.165, 1.54) is 12.0 Å². The van der Waals surface area contributed by atoms with E-state index in [1.54, 1.807) is 0 Å². The predicted molar refractivity (Wildman–Crippen MR) is 64.2 cm³/mol. The molecule has 0 saturated carbocycles. The lowest BCUT2D eigenvalue weighted by molar-refractivity contribution is -0.384. The maximum atomic E-state index is 13.2. The van der Waals surface area contributed by atoms with Crippen LogP contribution < -0.4 is 4.90 Å². The highest BCUT2D eigenvalue weighted by Crippen LogP contribution is 2.28. The number of methoxy groups -OCH3 is 1. The van der Waals surface area contributed by atoms with Gasteiger partial charge in [0.05, 0.1) is 18.1 Å². The Labute approximate surface area is 104 Å². The zero-order valence-electron chi connectivity index (χ0n) is 10.0. The molecular formula is C11H15FN2O4. The van der Waals surface area contributed by atoms with Crippen molar-refractivity contribution in [1.29, 1.82) is 0 Å². The van der Waals surface area contributed by atoms with Crippen LogP contribution in [0, 0.1) is 15.9 Å². The van der Waals surface area contributed by atoms with Crippen molar-refractivity contribution in [3.63, 3.8) is 0 Å². The number of hydrogen-bond acceptors (Lipinski definition) is 5. The van der Waals surface area contributed by atoms with Crippen LogP contribution in [0.2, 0.25) is 0 Å². The lowest BCUT2D eigenvalue weighted by Crippen LogP contribution is -2.30. The van der Waals surface area contributed by atoms with E-state index in [2.05, 4.69) is 0 Å². The van der Waals surface area contributed by atoms with Crippen LogP contribution >= 0.6 is 0 Å². The number of aliphatic hydroxyl groups excluding tert-OH is 1. The molecule has 6 nitrogen and oxygen atoms in total. The molecule has 18 heavy (non-hydrogen) atoms. The number of hydrogen-bond donors (Lipinski definition) is 1. The maximum absolute atomic E-state index is 13.2. The molecule has 0 fully saturated rings. The van der Waals surface area contributed by atoms with Crippen LogP contribution in [-0.2, 0) is 4.74 Å². The third-order valence-electron chi connectivity index (χ3n) is 2.41. The molecule has 0 aliphatic heterocycles. The van der Waals surface area contributed by atoms with Gasteiger partial charge in [-0.2, -0.15) is 0 Å². The van der Waals surface area contributed by atoms with Crippen molar-refractivity contribution >= 4 is 11.4 Å². The lowest BCUT2D eigenvalue weighted by Gasteiger charge is -2.23. The predicted octanol–water partition coefficient (Wildman–Crippen LogP) is 1.18. The monoisotopic (exact) mass is 258 g/mol. The van der Waals surface area contributed by atoms with Gasteiger partial charge in [-0.25, -0.2) is 4.39 Å². The van der Waals surface area contributed by atoms with E-state index in [1.807, 2.05) is 0 Å². The zero-order valence-corrected chi connectivity index (χ0v) is 10.0. The van der Waals surface area contributed by atoms with Gasteiger partial charge >= 0.3 is 0 Å². The van der Waals surface area contributed by atoms with Crippen molar-refractivity contribution in [2.75, 3.05) is 38.3 Å². The molecule has 1 N–H and O–H groups in total. The van der Waals surface area contributed by atoms with E-state index in [0.717, 1.165) is 18.2 Å². The Kier molecular flexibility index (Phi) is 5.47. The van der Waals surface area contributed by atoms with Crippen LogP contribution in [0.3, 0.4) is 0 Å². The van der Waals surface area contributed by atoms with Gasteiger partial charge in [-0.1, -0.05) is 0 Å². The second kappa shape index (κ2) is 6.87. The van der Waals surface area contributed by atoms with Gasteiger partial charge in [-0.15, -0.1) is 0 Å². The zero-order chi connectivity index (χ0) is 13.5. The SMILES string of the molecule is COCCN(CCO)c1cc(F)ccc1[N+](=O)[O-]. The third kappa shape index (κ3) is 3.64. The normalized spacial score (nSPS) is 10.4. The summed E-state index contributed by atoms with van der Waals surface area (Å²) in [7, 11) is 1.50. The summed E-state index contributed by atoms with van der Waals surface area (Å²) in [6.07, 6.45) is 0. The molecule has 1 aromatic carbocycles. The number of nitro groups is 1. The minimum atomic E-state index is -0.577. The van der Waals surface area contributed by atoms with Crippen LogP contribution in [0.15, 0.2) is 18.2 Å². The Morgan fingerprint density at radius 2 is 2.22 bits per heavy atom. The van der Waals surface area contributed by atoms with E-state index in [4.69, 9.17) is 9.84 Å². The first-order valence-electron chi connectivity index (χ1n) is 5.38. The molecule has 0 atom stereocenters. The first kappa shape index (κ1) is 14.3. The van der Waals surface area contributed by atoms with Crippen LogP contribution in [0.25, 0.3) is 0 Å². The standard InChI is InChI=1S/C11H15FN2O4/c1-18-7-5-13(4-6-15)11-8-9(12)2-3-10(11)14(16)17/h2-3,8,15H,4-7H2,1H3. The maximum Gasteiger partial charge on any atom is 0.292 e. The number of benzene rings is 1. The average molecular weight is 258 g/mol. The van der Waals surface area contributed by atoms with Crippen molar-refractivity contribution < 1.29 is 19.2 Å². The number of anilines is 1. The lowest BCUT2D eigenvalue weighted by atomic mass is 10.2. The fraction of sp³-hybridized carbons (Fsp3) is 0.455. The smallest absolute Gasteiger partial charge is 0.292 e. The molecule has 1 rings (SSSR count). The van der Waals surface area contributed by atoms with Gasteiger partial charge in [0, 0.05) is 32.3 Å². The van der Waals surface area contributed by atoms with Gasteiger partial charge in [0.2, 0.25) is 0 Å². The molecule has 0 radical (unpaired) electrons. The number of aliphatic hydroxyl groups is 1. The van der Waals surface area contributed by atoms with Gasteiger partial charge < -0.3 is 14.7 Å². The third-order valence-corrected chi connectivity index (χ3v) is 2.41. The fourth-order valence-corrected chi connectivity index (χ4v) is 1.58. The second-order valence-electron chi connectivity index (χ2n) is 3.59. The van der Waals surface area contributed by atoms with Crippen molar-refractivity contribution in [1.82, 2.24) is 0 Å². The number of ether oxygens (including phenoxy) is 1. The Morgan fingerprint density at radius 1 is 1.50 bits per heavy atom. The highest BCUT2D eigenvalue weighted by Gasteiger charge is 2.19. The van der Waals surface area contributed by atoms with Crippen molar-refractivity contribution in [2.24, 2.45) is 0 Å². The van der Waals surface area contributed by atoms with E-state index < -0.39 is 10.7 Å². The molecule has 0 amide bonds. The molecule has 0 aliphatic carbocycles. The molecule has 0 heterocycles. The van der Waals surface area contributed by atoms with Crippen molar-refractivity contribution in [2.45, 2.75) is 0 Å². The number of nitro benzene ring substituents is 1. The summed E-state index contributed by atoms with van der Waals surface area (Å²) < 4.78 is 18.1. The Bertz CT molecular complexity index is 414. The molecule has 0 saturated heterocycles. The van der Waals surface area contributed by atoms with E-state index in [0.29, 0.717) is 13.2 Å². The van der Waals surface area contributed by atoms with E-state index in [9.17, 15) is 14.5 Å². The first-order valence-corrected chi connectivity index (χ1v) is 5.38. The Balaban J connectivity index is 3.07. The van der Waals surface area contributed by atoms with Crippen LogP contribution in [-0.4, -0.2) is 43.4 Å². The molecule has 0 aliphatic rings. The summed E-state index contributed by atoms with van der Waals surface area (Å²) in [6, 6.07) is 3.24. The van der Waals surface area contributed by atoms with Gasteiger partial charge in [-0.05, 0) is 6.07 Å². The van der Waals surface area contributed by atoms with Crippen LogP contribution in [0.1, 0.15) is 0 Å². The molecule has 1 aromatic rings. The minimum Gasteiger partial charge on any atom is -0.395 e. The second-order valence-corrected chi connectivity index (χ2v) is 3.59. The fourth-order valence-electron chi connectivity index (χ4n) is 1.58. The summed E-state index contributed by atoms with van der Waals surface area (Å²) in [6.45, 7) is 0.653. The first-order chi connectivity index (χ1) is 8.60. The minimum absolute atomic E-state index is 0.145. The molecule has 0 aromatic heterocycles. The summed E-state index contributed by atoms with van der Waals surface area (Å²) in [4.78, 5) is 11.8. The molecule has 0 bridgehead atoms. The Hall–Kier alpha value is -1.73. The van der Waals surface area contributed by atoms with Crippen LogP contribution in [0.4, 0.5) is 15.8 Å². The van der Waals surface area contributed by atoms with Gasteiger partial charge in [0.15, 0.2) is 0 Å². The van der Waals surface area contributed by atoms with Crippen LogP contribution in [0.5, 0.6) is 0 Å².